The van der Waals surface area contributed by atoms with Crippen LogP contribution >= 0.6 is 11.8 Å². The first kappa shape index (κ1) is 19.1. The molecule has 0 unspecified atom stereocenters. The monoisotopic (exact) mass is 387 g/mol. The van der Waals surface area contributed by atoms with Crippen molar-refractivity contribution >= 4 is 29.3 Å². The summed E-state index contributed by atoms with van der Waals surface area (Å²) in [7, 11) is 0. The van der Waals surface area contributed by atoms with E-state index >= 15 is 0 Å². The normalized spacial score (nSPS) is 12.4. The molecule has 1 amide bonds. The van der Waals surface area contributed by atoms with E-state index in [0.29, 0.717) is 36.2 Å². The van der Waals surface area contributed by atoms with Gasteiger partial charge >= 0.3 is 5.97 Å². The Morgan fingerprint density at radius 1 is 1.04 bits per heavy atom. The van der Waals surface area contributed by atoms with Crippen LogP contribution < -0.4 is 14.8 Å². The van der Waals surface area contributed by atoms with Crippen molar-refractivity contribution in [2.75, 3.05) is 24.3 Å². The molecule has 2 aromatic rings. The number of carboxylic acid groups (broad SMARTS) is 1. The predicted molar refractivity (Wildman–Crippen MR) is 105 cm³/mol. The van der Waals surface area contributed by atoms with E-state index in [9.17, 15) is 9.59 Å². The highest BCUT2D eigenvalue weighted by molar-refractivity contribution is 7.98. The van der Waals surface area contributed by atoms with Gasteiger partial charge in [0.05, 0.1) is 12.8 Å². The SMILES string of the molecule is O=C(O)CCSCc1cccc(NC(=O)Cc2ccc3c(c2)OCCO3)c1. The summed E-state index contributed by atoms with van der Waals surface area (Å²) in [5.74, 6) is 1.75. The zero-order valence-corrected chi connectivity index (χ0v) is 15.6. The molecule has 7 heteroatoms. The fourth-order valence-electron chi connectivity index (χ4n) is 2.68. The Morgan fingerprint density at radius 2 is 1.85 bits per heavy atom. The molecule has 1 heterocycles. The van der Waals surface area contributed by atoms with Crippen LogP contribution in [0, 0.1) is 0 Å². The van der Waals surface area contributed by atoms with Crippen LogP contribution in [0.5, 0.6) is 11.5 Å². The Hall–Kier alpha value is -2.67. The maximum absolute atomic E-state index is 12.3. The topological polar surface area (TPSA) is 84.9 Å². The first-order valence-electron chi connectivity index (χ1n) is 8.67. The molecule has 0 aliphatic carbocycles. The lowest BCUT2D eigenvalue weighted by atomic mass is 10.1. The molecule has 27 heavy (non-hydrogen) atoms. The third-order valence-corrected chi connectivity index (χ3v) is 4.94. The smallest absolute Gasteiger partial charge is 0.304 e. The minimum atomic E-state index is -0.789. The molecular formula is C20H21NO5S. The molecular weight excluding hydrogens is 366 g/mol. The first-order chi connectivity index (χ1) is 13.1. The zero-order chi connectivity index (χ0) is 19.1. The molecule has 0 aromatic heterocycles. The highest BCUT2D eigenvalue weighted by Crippen LogP contribution is 2.31. The average molecular weight is 387 g/mol. The number of carbonyl (C=O) groups excluding carboxylic acids is 1. The largest absolute Gasteiger partial charge is 0.486 e. The summed E-state index contributed by atoms with van der Waals surface area (Å²) >= 11 is 1.56. The number of aliphatic carboxylic acids is 1. The van der Waals surface area contributed by atoms with Gasteiger partial charge in [-0.25, -0.2) is 0 Å². The summed E-state index contributed by atoms with van der Waals surface area (Å²) in [5.41, 5.74) is 2.63. The van der Waals surface area contributed by atoms with Crippen molar-refractivity contribution in [1.29, 1.82) is 0 Å². The van der Waals surface area contributed by atoms with Crippen LogP contribution in [0.2, 0.25) is 0 Å². The standard InChI is InChI=1S/C20H21NO5S/c22-19(12-14-4-5-17-18(11-14)26-8-7-25-17)21-16-3-1-2-15(10-16)13-27-9-6-20(23)24/h1-5,10-11H,6-9,12-13H2,(H,21,22)(H,23,24). The fourth-order valence-corrected chi connectivity index (χ4v) is 3.56. The van der Waals surface area contributed by atoms with Crippen LogP contribution in [0.15, 0.2) is 42.5 Å². The van der Waals surface area contributed by atoms with Gasteiger partial charge in [-0.2, -0.15) is 11.8 Å². The minimum absolute atomic E-state index is 0.109. The molecule has 1 aliphatic heterocycles. The predicted octanol–water partition coefficient (Wildman–Crippen LogP) is 3.35. The Labute approximate surface area is 161 Å². The molecule has 0 spiro atoms. The molecule has 1 aliphatic rings. The van der Waals surface area contributed by atoms with Gasteiger partial charge in [-0.3, -0.25) is 9.59 Å². The maximum Gasteiger partial charge on any atom is 0.304 e. The highest BCUT2D eigenvalue weighted by atomic mass is 32.2. The molecule has 0 bridgehead atoms. The molecule has 2 aromatic carbocycles. The third-order valence-electron chi connectivity index (χ3n) is 3.91. The van der Waals surface area contributed by atoms with Gasteiger partial charge in [-0.05, 0) is 35.4 Å². The molecule has 142 valence electrons. The molecule has 0 atom stereocenters. The Balaban J connectivity index is 1.53. The number of carboxylic acids is 1. The highest BCUT2D eigenvalue weighted by Gasteiger charge is 2.13. The Bertz CT molecular complexity index is 824. The number of ether oxygens (including phenoxy) is 2. The number of hydrogen-bond acceptors (Lipinski definition) is 5. The summed E-state index contributed by atoms with van der Waals surface area (Å²) in [6.45, 7) is 1.05. The summed E-state index contributed by atoms with van der Waals surface area (Å²) in [6, 6.07) is 13.1. The van der Waals surface area contributed by atoms with E-state index < -0.39 is 5.97 Å². The lowest BCUT2D eigenvalue weighted by molar-refractivity contribution is -0.136. The van der Waals surface area contributed by atoms with Crippen molar-refractivity contribution in [2.45, 2.75) is 18.6 Å². The number of carbonyl (C=O) groups is 2. The van der Waals surface area contributed by atoms with Crippen molar-refractivity contribution in [1.82, 2.24) is 0 Å². The molecule has 2 N–H and O–H groups in total. The molecule has 0 fully saturated rings. The maximum atomic E-state index is 12.3. The second-order valence-electron chi connectivity index (χ2n) is 6.10. The van der Waals surface area contributed by atoms with Gasteiger partial charge in [-0.1, -0.05) is 18.2 Å². The lowest BCUT2D eigenvalue weighted by Crippen LogP contribution is -2.17. The first-order valence-corrected chi connectivity index (χ1v) is 9.82. The average Bonchev–Trinajstić information content (AvgIpc) is 2.65. The van der Waals surface area contributed by atoms with Crippen molar-refractivity contribution in [3.05, 3.63) is 53.6 Å². The van der Waals surface area contributed by atoms with E-state index in [2.05, 4.69) is 5.32 Å². The van der Waals surface area contributed by atoms with Gasteiger partial charge in [0.1, 0.15) is 13.2 Å². The number of nitrogens with one attached hydrogen (secondary N) is 1. The lowest BCUT2D eigenvalue weighted by Gasteiger charge is -2.18. The fraction of sp³-hybridized carbons (Fsp3) is 0.300. The number of amides is 1. The van der Waals surface area contributed by atoms with Crippen molar-refractivity contribution in [3.8, 4) is 11.5 Å². The number of fused-ring (bicyclic) bond motifs is 1. The Kier molecular flexibility index (Phi) is 6.59. The van der Waals surface area contributed by atoms with Crippen molar-refractivity contribution in [3.63, 3.8) is 0 Å². The number of hydrogen-bond donors (Lipinski definition) is 2. The van der Waals surface area contributed by atoms with Gasteiger partial charge in [0, 0.05) is 17.2 Å². The molecule has 6 nitrogen and oxygen atoms in total. The summed E-state index contributed by atoms with van der Waals surface area (Å²) in [6.07, 6.45) is 0.394. The number of rotatable bonds is 8. The van der Waals surface area contributed by atoms with E-state index in [1.54, 1.807) is 11.8 Å². The van der Waals surface area contributed by atoms with Crippen LogP contribution in [0.1, 0.15) is 17.5 Å². The van der Waals surface area contributed by atoms with Crippen molar-refractivity contribution < 1.29 is 24.2 Å². The van der Waals surface area contributed by atoms with E-state index in [1.165, 1.54) is 0 Å². The van der Waals surface area contributed by atoms with Gasteiger partial charge in [0.15, 0.2) is 11.5 Å². The summed E-state index contributed by atoms with van der Waals surface area (Å²) < 4.78 is 11.0. The van der Waals surface area contributed by atoms with E-state index in [0.717, 1.165) is 16.8 Å². The number of thioether (sulfide) groups is 1. The molecule has 0 saturated heterocycles. The number of benzene rings is 2. The quantitative estimate of drug-likeness (QED) is 0.676. The van der Waals surface area contributed by atoms with Gasteiger partial charge < -0.3 is 19.9 Å². The van der Waals surface area contributed by atoms with Gasteiger partial charge in [-0.15, -0.1) is 0 Å². The third kappa shape index (κ3) is 5.92. The van der Waals surface area contributed by atoms with Crippen LogP contribution in [0.3, 0.4) is 0 Å². The second kappa shape index (κ2) is 9.32. The van der Waals surface area contributed by atoms with E-state index in [4.69, 9.17) is 14.6 Å². The number of anilines is 1. The Morgan fingerprint density at radius 3 is 2.67 bits per heavy atom. The molecule has 0 radical (unpaired) electrons. The zero-order valence-electron chi connectivity index (χ0n) is 14.8. The van der Waals surface area contributed by atoms with Crippen LogP contribution in [0.4, 0.5) is 5.69 Å². The second-order valence-corrected chi connectivity index (χ2v) is 7.20. The van der Waals surface area contributed by atoms with E-state index in [1.807, 2.05) is 42.5 Å². The summed E-state index contributed by atoms with van der Waals surface area (Å²) in [4.78, 5) is 22.9. The molecule has 3 rings (SSSR count). The van der Waals surface area contributed by atoms with E-state index in [-0.39, 0.29) is 18.7 Å². The van der Waals surface area contributed by atoms with Crippen LogP contribution in [-0.2, 0) is 21.8 Å². The van der Waals surface area contributed by atoms with Crippen LogP contribution in [0.25, 0.3) is 0 Å². The van der Waals surface area contributed by atoms with Crippen LogP contribution in [-0.4, -0.2) is 35.9 Å². The van der Waals surface area contributed by atoms with Gasteiger partial charge in [0.25, 0.3) is 0 Å². The van der Waals surface area contributed by atoms with Crippen molar-refractivity contribution in [2.24, 2.45) is 0 Å². The summed E-state index contributed by atoms with van der Waals surface area (Å²) in [5, 5.41) is 11.6. The molecule has 0 saturated carbocycles. The van der Waals surface area contributed by atoms with Gasteiger partial charge in [0.2, 0.25) is 5.91 Å². The minimum Gasteiger partial charge on any atom is -0.486 e.